The van der Waals surface area contributed by atoms with Gasteiger partial charge in [-0.2, -0.15) is 0 Å². The van der Waals surface area contributed by atoms with Crippen molar-refractivity contribution in [3.63, 3.8) is 0 Å². The van der Waals surface area contributed by atoms with E-state index in [4.69, 9.17) is 0 Å². The van der Waals surface area contributed by atoms with Crippen LogP contribution >= 0.6 is 0 Å². The van der Waals surface area contributed by atoms with Crippen molar-refractivity contribution in [3.05, 3.63) is 11.6 Å². The maximum atomic E-state index is 10.2. The highest BCUT2D eigenvalue weighted by molar-refractivity contribution is 5.48. The first-order valence-electron chi connectivity index (χ1n) is 5.70. The van der Waals surface area contributed by atoms with Crippen molar-refractivity contribution in [1.29, 1.82) is 0 Å². The van der Waals surface area contributed by atoms with Crippen LogP contribution in [0.2, 0.25) is 0 Å². The molecule has 0 saturated carbocycles. The number of unbranched alkanes of at least 4 members (excludes halogenated alkanes) is 2. The molecule has 0 aromatic carbocycles. The quantitative estimate of drug-likeness (QED) is 0.370. The summed E-state index contributed by atoms with van der Waals surface area (Å²) in [6.45, 7) is 6.93. The van der Waals surface area contributed by atoms with Gasteiger partial charge in [0.05, 0.1) is 0 Å². The van der Waals surface area contributed by atoms with Crippen LogP contribution in [0.4, 0.5) is 0 Å². The van der Waals surface area contributed by atoms with Crippen LogP contribution in [0.5, 0.6) is 0 Å². The number of hydrogen-bond acceptors (Lipinski definition) is 1. The molecule has 0 radical (unpaired) electrons. The summed E-state index contributed by atoms with van der Waals surface area (Å²) in [6.07, 6.45) is 8.92. The van der Waals surface area contributed by atoms with Gasteiger partial charge in [-0.25, -0.2) is 0 Å². The lowest BCUT2D eigenvalue weighted by molar-refractivity contribution is -0.107. The number of carbonyl (C=O) groups is 1. The molecule has 0 bridgehead atoms. The minimum absolute atomic E-state index is 0.390. The Morgan fingerprint density at radius 3 is 2.71 bits per heavy atom. The minimum Gasteiger partial charge on any atom is -0.303 e. The molecule has 0 fully saturated rings. The molecule has 1 nitrogen and oxygen atoms in total. The fourth-order valence-electron chi connectivity index (χ4n) is 2.30. The topological polar surface area (TPSA) is 17.1 Å². The first-order valence-corrected chi connectivity index (χ1v) is 5.70. The van der Waals surface area contributed by atoms with Crippen molar-refractivity contribution >= 4 is 6.29 Å². The van der Waals surface area contributed by atoms with Crippen LogP contribution in [0.25, 0.3) is 0 Å². The van der Waals surface area contributed by atoms with Gasteiger partial charge in [-0.3, -0.25) is 0 Å². The van der Waals surface area contributed by atoms with E-state index in [0.29, 0.717) is 5.41 Å². The molecular weight excluding hydrogens is 172 g/mol. The summed E-state index contributed by atoms with van der Waals surface area (Å²) in [5, 5.41) is 0. The van der Waals surface area contributed by atoms with Gasteiger partial charge in [-0.05, 0) is 37.5 Å². The molecule has 0 N–H and O–H groups in total. The predicted molar refractivity (Wildman–Crippen MR) is 60.2 cm³/mol. The fourth-order valence-corrected chi connectivity index (χ4v) is 2.30. The van der Waals surface area contributed by atoms with Gasteiger partial charge in [0, 0.05) is 6.42 Å². The van der Waals surface area contributed by atoms with Crippen LogP contribution in [-0.4, -0.2) is 6.29 Å². The van der Waals surface area contributed by atoms with E-state index in [1.165, 1.54) is 24.8 Å². The SMILES string of the molecule is CC1=CC[C@H](CCCCC=O)C1(C)C. The number of carbonyl (C=O) groups excluding carboxylic acids is 1. The van der Waals surface area contributed by atoms with Crippen molar-refractivity contribution < 1.29 is 4.79 Å². The van der Waals surface area contributed by atoms with Crippen LogP contribution < -0.4 is 0 Å². The molecule has 80 valence electrons. The van der Waals surface area contributed by atoms with E-state index in [2.05, 4.69) is 26.8 Å². The second kappa shape index (κ2) is 4.77. The lowest BCUT2D eigenvalue weighted by atomic mass is 9.75. The summed E-state index contributed by atoms with van der Waals surface area (Å²) in [7, 11) is 0. The Morgan fingerprint density at radius 1 is 1.50 bits per heavy atom. The maximum Gasteiger partial charge on any atom is 0.119 e. The Bertz CT molecular complexity index is 225. The largest absolute Gasteiger partial charge is 0.303 e. The zero-order valence-corrected chi connectivity index (χ0v) is 9.68. The molecule has 0 unspecified atom stereocenters. The molecule has 0 amide bonds. The summed E-state index contributed by atoms with van der Waals surface area (Å²) in [4.78, 5) is 10.2. The van der Waals surface area contributed by atoms with E-state index < -0.39 is 0 Å². The normalized spacial score (nSPS) is 24.8. The number of aldehydes is 1. The average Bonchev–Trinajstić information content (AvgIpc) is 2.38. The molecule has 1 atom stereocenters. The molecule has 0 aliphatic heterocycles. The third kappa shape index (κ3) is 2.46. The van der Waals surface area contributed by atoms with Crippen molar-refractivity contribution in [1.82, 2.24) is 0 Å². The number of hydrogen-bond donors (Lipinski definition) is 0. The average molecular weight is 194 g/mol. The van der Waals surface area contributed by atoms with E-state index in [1.54, 1.807) is 0 Å². The zero-order valence-electron chi connectivity index (χ0n) is 9.68. The Balaban J connectivity index is 2.30. The molecule has 0 spiro atoms. The highest BCUT2D eigenvalue weighted by Gasteiger charge is 2.33. The summed E-state index contributed by atoms with van der Waals surface area (Å²) in [5.41, 5.74) is 1.93. The van der Waals surface area contributed by atoms with Crippen molar-refractivity contribution in [3.8, 4) is 0 Å². The Kier molecular flexibility index (Phi) is 3.91. The van der Waals surface area contributed by atoms with Gasteiger partial charge < -0.3 is 4.79 Å². The molecule has 1 heteroatoms. The molecular formula is C13H22O. The van der Waals surface area contributed by atoms with Gasteiger partial charge in [-0.15, -0.1) is 0 Å². The molecule has 0 aromatic heterocycles. The third-order valence-electron chi connectivity index (χ3n) is 3.87. The van der Waals surface area contributed by atoms with Crippen LogP contribution in [-0.2, 0) is 4.79 Å². The zero-order chi connectivity index (χ0) is 10.6. The smallest absolute Gasteiger partial charge is 0.119 e. The summed E-state index contributed by atoms with van der Waals surface area (Å²) >= 11 is 0. The summed E-state index contributed by atoms with van der Waals surface area (Å²) < 4.78 is 0. The van der Waals surface area contributed by atoms with Crippen LogP contribution in [0.3, 0.4) is 0 Å². The first-order chi connectivity index (χ1) is 6.59. The van der Waals surface area contributed by atoms with E-state index >= 15 is 0 Å². The minimum atomic E-state index is 0.390. The van der Waals surface area contributed by atoms with Gasteiger partial charge in [0.25, 0.3) is 0 Å². The van der Waals surface area contributed by atoms with Crippen molar-refractivity contribution in [2.24, 2.45) is 11.3 Å². The molecule has 0 heterocycles. The standard InChI is InChI=1S/C13H22O/c1-11-8-9-12(13(11,2)3)7-5-4-6-10-14/h8,10,12H,4-7,9H2,1-3H3/t12-/m0/s1. The van der Waals surface area contributed by atoms with E-state index in [-0.39, 0.29) is 0 Å². The second-order valence-corrected chi connectivity index (χ2v) is 4.99. The number of rotatable bonds is 5. The third-order valence-corrected chi connectivity index (χ3v) is 3.87. The van der Waals surface area contributed by atoms with Gasteiger partial charge in [0.2, 0.25) is 0 Å². The van der Waals surface area contributed by atoms with E-state index in [9.17, 15) is 4.79 Å². The highest BCUT2D eigenvalue weighted by atomic mass is 16.1. The van der Waals surface area contributed by atoms with Crippen LogP contribution in [0, 0.1) is 11.3 Å². The van der Waals surface area contributed by atoms with Gasteiger partial charge in [0.15, 0.2) is 0 Å². The molecule has 14 heavy (non-hydrogen) atoms. The lowest BCUT2D eigenvalue weighted by Gasteiger charge is -2.29. The van der Waals surface area contributed by atoms with Crippen molar-refractivity contribution in [2.75, 3.05) is 0 Å². The molecule has 0 aromatic rings. The van der Waals surface area contributed by atoms with Crippen LogP contribution in [0.15, 0.2) is 11.6 Å². The van der Waals surface area contributed by atoms with Gasteiger partial charge in [-0.1, -0.05) is 31.9 Å². The molecule has 0 saturated heterocycles. The maximum absolute atomic E-state index is 10.2. The Labute approximate surface area is 87.6 Å². The predicted octanol–water partition coefficient (Wildman–Crippen LogP) is 3.74. The number of allylic oxidation sites excluding steroid dienone is 2. The first kappa shape index (κ1) is 11.5. The second-order valence-electron chi connectivity index (χ2n) is 4.99. The molecule has 1 aliphatic rings. The highest BCUT2D eigenvalue weighted by Crippen LogP contribution is 2.45. The summed E-state index contributed by atoms with van der Waals surface area (Å²) in [5.74, 6) is 0.800. The van der Waals surface area contributed by atoms with Crippen LogP contribution in [0.1, 0.15) is 52.9 Å². The Morgan fingerprint density at radius 2 is 2.21 bits per heavy atom. The summed E-state index contributed by atoms with van der Waals surface area (Å²) in [6, 6.07) is 0. The van der Waals surface area contributed by atoms with E-state index in [1.807, 2.05) is 0 Å². The van der Waals surface area contributed by atoms with E-state index in [0.717, 1.165) is 25.0 Å². The Hall–Kier alpha value is -0.590. The van der Waals surface area contributed by atoms with Gasteiger partial charge in [0.1, 0.15) is 6.29 Å². The lowest BCUT2D eigenvalue weighted by Crippen LogP contribution is -2.20. The molecule has 1 rings (SSSR count). The van der Waals surface area contributed by atoms with Gasteiger partial charge >= 0.3 is 0 Å². The fraction of sp³-hybridized carbons (Fsp3) is 0.769. The monoisotopic (exact) mass is 194 g/mol. The molecule has 1 aliphatic carbocycles. The van der Waals surface area contributed by atoms with Crippen molar-refractivity contribution in [2.45, 2.75) is 52.9 Å².